The fourth-order valence-electron chi connectivity index (χ4n) is 5.87. The van der Waals surface area contributed by atoms with Gasteiger partial charge in [0.25, 0.3) is 0 Å². The van der Waals surface area contributed by atoms with Gasteiger partial charge in [0.15, 0.2) is 0 Å². The van der Waals surface area contributed by atoms with E-state index in [4.69, 9.17) is 19.7 Å². The van der Waals surface area contributed by atoms with Crippen LogP contribution in [-0.2, 0) is 6.61 Å². The molecule has 8 rings (SSSR count). The maximum atomic E-state index is 6.27. The molecule has 0 saturated carbocycles. The molecule has 196 valence electrons. The van der Waals surface area contributed by atoms with E-state index in [2.05, 4.69) is 91.2 Å². The molecule has 0 bridgehead atoms. The molecule has 0 atom stereocenters. The van der Waals surface area contributed by atoms with E-state index in [9.17, 15) is 0 Å². The predicted octanol–water partition coefficient (Wildman–Crippen LogP) is 8.01. The van der Waals surface area contributed by atoms with Crippen LogP contribution in [-0.4, -0.2) is 29.9 Å². The minimum absolute atomic E-state index is 0.289. The van der Waals surface area contributed by atoms with E-state index in [1.165, 1.54) is 0 Å². The summed E-state index contributed by atoms with van der Waals surface area (Å²) < 4.78 is 6.27. The summed E-state index contributed by atoms with van der Waals surface area (Å²) >= 11 is 0. The van der Waals surface area contributed by atoms with Crippen LogP contribution in [0, 0.1) is 0 Å². The second kappa shape index (κ2) is 8.36. The highest BCUT2D eigenvalue weighted by molar-refractivity contribution is 6.21. The number of fused-ring (bicyclic) bond motifs is 11. The number of hydrogen-bond acceptors (Lipinski definition) is 5. The zero-order valence-corrected chi connectivity index (χ0v) is 22.8. The van der Waals surface area contributed by atoms with Gasteiger partial charge in [-0.15, -0.1) is 0 Å². The number of ether oxygens (including phenoxy) is 1. The third-order valence-corrected chi connectivity index (χ3v) is 8.00. The average molecular weight is 525 g/mol. The molecular weight excluding hydrogens is 496 g/mol. The number of nitrogens with one attached hydrogen (secondary N) is 2. The van der Waals surface area contributed by atoms with E-state index < -0.39 is 0 Å². The van der Waals surface area contributed by atoms with Gasteiger partial charge >= 0.3 is 0 Å². The highest BCUT2D eigenvalue weighted by Crippen LogP contribution is 2.43. The molecule has 7 nitrogen and oxygen atoms in total. The summed E-state index contributed by atoms with van der Waals surface area (Å²) in [6, 6.07) is 17.4. The molecule has 1 aliphatic heterocycles. The van der Waals surface area contributed by atoms with Crippen molar-refractivity contribution in [3.8, 4) is 28.1 Å². The standard InChI is InChI=1S/C33H28N6O/c1-16(2)32-36-25-15-40-31-21-8-5-18(13-20(21)7-10-23(31)26(25)37-32)19-6-9-22-24(14-19)27-29(35-12-11-34-27)30-28(22)38-33(39-30)17(3)4/h5-14,16-17H,15H2,1-4H3,(H,36,37)(H,38,39). The van der Waals surface area contributed by atoms with Gasteiger partial charge in [0.2, 0.25) is 0 Å². The summed E-state index contributed by atoms with van der Waals surface area (Å²) in [6.07, 6.45) is 3.50. The van der Waals surface area contributed by atoms with Gasteiger partial charge in [-0.05, 0) is 34.7 Å². The van der Waals surface area contributed by atoms with Crippen molar-refractivity contribution in [1.82, 2.24) is 29.9 Å². The summed E-state index contributed by atoms with van der Waals surface area (Å²) in [5, 5.41) is 4.36. The van der Waals surface area contributed by atoms with Crippen LogP contribution in [0.15, 0.2) is 60.9 Å². The zero-order chi connectivity index (χ0) is 27.1. The van der Waals surface area contributed by atoms with Crippen molar-refractivity contribution in [1.29, 1.82) is 0 Å². The fraction of sp³-hybridized carbons (Fsp3) is 0.212. The van der Waals surface area contributed by atoms with Crippen molar-refractivity contribution in [2.24, 2.45) is 0 Å². The second-order valence-electron chi connectivity index (χ2n) is 11.3. The van der Waals surface area contributed by atoms with E-state index in [0.717, 1.165) is 89.1 Å². The molecule has 0 spiro atoms. The number of nitrogens with zero attached hydrogens (tertiary/aromatic N) is 4. The van der Waals surface area contributed by atoms with Gasteiger partial charge in [-0.1, -0.05) is 58.0 Å². The first-order valence-corrected chi connectivity index (χ1v) is 13.8. The summed E-state index contributed by atoms with van der Waals surface area (Å²) in [5.41, 5.74) is 8.97. The lowest BCUT2D eigenvalue weighted by Crippen LogP contribution is -2.05. The number of H-pyrrole nitrogens is 2. The topological polar surface area (TPSA) is 92.4 Å². The molecule has 0 unspecified atom stereocenters. The largest absolute Gasteiger partial charge is 0.486 e. The first-order chi connectivity index (χ1) is 19.5. The van der Waals surface area contributed by atoms with Gasteiger partial charge in [0, 0.05) is 46.0 Å². The Balaban J connectivity index is 1.28. The Morgan fingerprint density at radius 2 is 1.43 bits per heavy atom. The molecule has 7 heteroatoms. The van der Waals surface area contributed by atoms with Gasteiger partial charge in [0.05, 0.1) is 27.9 Å². The third kappa shape index (κ3) is 3.30. The lowest BCUT2D eigenvalue weighted by Gasteiger charge is -2.19. The SMILES string of the molecule is CC(C)c1nc2c([nH]1)COc1c-2ccc2cc(-c3ccc4c(c3)c3nccnc3c3[nH]c(C(C)C)nc43)ccc12. The number of aromatic nitrogens is 6. The van der Waals surface area contributed by atoms with Crippen molar-refractivity contribution in [2.45, 2.75) is 46.1 Å². The van der Waals surface area contributed by atoms with E-state index in [1.807, 2.05) is 0 Å². The van der Waals surface area contributed by atoms with Crippen LogP contribution in [0.25, 0.3) is 66.0 Å². The molecule has 0 fully saturated rings. The van der Waals surface area contributed by atoms with Crippen molar-refractivity contribution in [3.63, 3.8) is 0 Å². The lowest BCUT2D eigenvalue weighted by atomic mass is 9.95. The highest BCUT2D eigenvalue weighted by Gasteiger charge is 2.24. The molecule has 4 heterocycles. The molecule has 0 amide bonds. The first-order valence-electron chi connectivity index (χ1n) is 13.8. The number of aromatic amines is 2. The first kappa shape index (κ1) is 23.1. The van der Waals surface area contributed by atoms with E-state index >= 15 is 0 Å². The van der Waals surface area contributed by atoms with Crippen LogP contribution in [0.3, 0.4) is 0 Å². The van der Waals surface area contributed by atoms with Crippen LogP contribution in [0.5, 0.6) is 5.75 Å². The fourth-order valence-corrected chi connectivity index (χ4v) is 5.87. The minimum Gasteiger partial charge on any atom is -0.486 e. The van der Waals surface area contributed by atoms with Crippen LogP contribution in [0.2, 0.25) is 0 Å². The predicted molar refractivity (Wildman–Crippen MR) is 160 cm³/mol. The van der Waals surface area contributed by atoms with E-state index in [0.29, 0.717) is 12.5 Å². The monoisotopic (exact) mass is 524 g/mol. The van der Waals surface area contributed by atoms with Crippen molar-refractivity contribution < 1.29 is 4.74 Å². The normalized spacial score (nSPS) is 13.1. The van der Waals surface area contributed by atoms with Crippen molar-refractivity contribution >= 4 is 43.6 Å². The maximum absolute atomic E-state index is 6.27. The minimum atomic E-state index is 0.289. The Kier molecular flexibility index (Phi) is 4.83. The summed E-state index contributed by atoms with van der Waals surface area (Å²) in [7, 11) is 0. The van der Waals surface area contributed by atoms with E-state index in [1.54, 1.807) is 12.4 Å². The molecule has 0 radical (unpaired) electrons. The van der Waals surface area contributed by atoms with Gasteiger partial charge < -0.3 is 14.7 Å². The number of hydrogen-bond donors (Lipinski definition) is 2. The van der Waals surface area contributed by atoms with Crippen LogP contribution in [0.1, 0.15) is 56.9 Å². The van der Waals surface area contributed by atoms with Gasteiger partial charge in [0.1, 0.15) is 29.5 Å². The molecule has 4 aromatic carbocycles. The third-order valence-electron chi connectivity index (χ3n) is 8.00. The van der Waals surface area contributed by atoms with Gasteiger partial charge in [-0.25, -0.2) is 9.97 Å². The van der Waals surface area contributed by atoms with Gasteiger partial charge in [-0.2, -0.15) is 0 Å². The van der Waals surface area contributed by atoms with Crippen LogP contribution >= 0.6 is 0 Å². The summed E-state index contributed by atoms with van der Waals surface area (Å²) in [6.45, 7) is 9.09. The molecule has 0 aliphatic carbocycles. The van der Waals surface area contributed by atoms with Crippen LogP contribution in [0.4, 0.5) is 0 Å². The van der Waals surface area contributed by atoms with Gasteiger partial charge in [-0.3, -0.25) is 9.97 Å². The lowest BCUT2D eigenvalue weighted by molar-refractivity contribution is 0.301. The summed E-state index contributed by atoms with van der Waals surface area (Å²) in [5.74, 6) is 3.49. The quantitative estimate of drug-likeness (QED) is 0.228. The Labute approximate surface area is 230 Å². The number of benzene rings is 4. The molecular formula is C33H28N6O. The number of rotatable bonds is 3. The van der Waals surface area contributed by atoms with Crippen LogP contribution < -0.4 is 4.74 Å². The summed E-state index contributed by atoms with van der Waals surface area (Å²) in [4.78, 5) is 26.2. The highest BCUT2D eigenvalue weighted by atomic mass is 16.5. The average Bonchev–Trinajstić information content (AvgIpc) is 3.63. The smallest absolute Gasteiger partial charge is 0.137 e. The Bertz CT molecular complexity index is 2140. The molecule has 3 aromatic heterocycles. The Morgan fingerprint density at radius 1 is 0.700 bits per heavy atom. The zero-order valence-electron chi connectivity index (χ0n) is 22.8. The molecule has 1 aliphatic rings. The molecule has 0 saturated heterocycles. The van der Waals surface area contributed by atoms with Crippen molar-refractivity contribution in [2.75, 3.05) is 0 Å². The number of imidazole rings is 2. The second-order valence-corrected chi connectivity index (χ2v) is 11.3. The molecule has 2 N–H and O–H groups in total. The molecule has 40 heavy (non-hydrogen) atoms. The van der Waals surface area contributed by atoms with E-state index in [-0.39, 0.29) is 5.92 Å². The van der Waals surface area contributed by atoms with Crippen molar-refractivity contribution in [3.05, 3.63) is 78.3 Å². The molecule has 7 aromatic rings. The Hall–Kier alpha value is -4.78. The maximum Gasteiger partial charge on any atom is 0.137 e. The Morgan fingerprint density at radius 3 is 2.23 bits per heavy atom.